The molecule has 2 aromatic heterocycles. The van der Waals surface area contributed by atoms with Crippen molar-refractivity contribution < 1.29 is 61.8 Å². The largest absolute Gasteiger partial charge is 0.494 e. The summed E-state index contributed by atoms with van der Waals surface area (Å²) < 4.78 is 63.8. The first-order chi connectivity index (χ1) is 36.6. The molecule has 0 aliphatic carbocycles. The molecule has 0 saturated carbocycles. The van der Waals surface area contributed by atoms with Crippen LogP contribution in [0.3, 0.4) is 0 Å². The first kappa shape index (κ1) is 57.6. The third-order valence-electron chi connectivity index (χ3n) is 10.7. The van der Waals surface area contributed by atoms with Crippen LogP contribution in [-0.4, -0.2) is 137 Å². The minimum atomic E-state index is -4.70. The lowest BCUT2D eigenvalue weighted by Gasteiger charge is -2.14. The van der Waals surface area contributed by atoms with Crippen molar-refractivity contribution in [3.63, 3.8) is 0 Å². The zero-order valence-corrected chi connectivity index (χ0v) is 41.5. The second kappa shape index (κ2) is 29.4. The fourth-order valence-corrected chi connectivity index (χ4v) is 6.88. The lowest BCUT2D eigenvalue weighted by atomic mass is 10.1. The van der Waals surface area contributed by atoms with E-state index in [9.17, 15) is 42.9 Å². The molecule has 24 heteroatoms. The molecule has 3 atom stereocenters. The van der Waals surface area contributed by atoms with Crippen LogP contribution in [-0.2, 0) is 28.7 Å². The summed E-state index contributed by atoms with van der Waals surface area (Å²) in [6.07, 6.45) is -4.47. The molecule has 0 bridgehead atoms. The van der Waals surface area contributed by atoms with E-state index in [-0.39, 0.29) is 93.7 Å². The number of aryl methyl sites for hydroxylation is 1. The highest BCUT2D eigenvalue weighted by Crippen LogP contribution is 2.32. The van der Waals surface area contributed by atoms with Gasteiger partial charge in [-0.1, -0.05) is 23.4 Å². The minimum absolute atomic E-state index is 0.0163. The highest BCUT2D eigenvalue weighted by molar-refractivity contribution is 5.96. The third kappa shape index (κ3) is 19.5. The van der Waals surface area contributed by atoms with Crippen LogP contribution in [0.5, 0.6) is 17.4 Å². The van der Waals surface area contributed by atoms with Gasteiger partial charge in [-0.05, 0) is 97.4 Å². The van der Waals surface area contributed by atoms with E-state index >= 15 is 0 Å². The summed E-state index contributed by atoms with van der Waals surface area (Å²) in [5, 5.41) is 57.4. The molecule has 2 heterocycles. The number of ether oxygens (including phenoxy) is 4. The maximum atomic E-state index is 13.3. The van der Waals surface area contributed by atoms with Gasteiger partial charge >= 0.3 is 6.18 Å². The van der Waals surface area contributed by atoms with Crippen molar-refractivity contribution in [1.82, 2.24) is 41.2 Å². The van der Waals surface area contributed by atoms with E-state index in [0.29, 0.717) is 65.6 Å². The van der Waals surface area contributed by atoms with Gasteiger partial charge in [0.05, 0.1) is 68.9 Å². The van der Waals surface area contributed by atoms with E-state index in [1.165, 1.54) is 30.3 Å². The fraction of sp³-hybridized carbons (Fsp3) is 0.346. The van der Waals surface area contributed by atoms with Crippen LogP contribution >= 0.6 is 0 Å². The Labute approximate surface area is 435 Å². The molecule has 6 rings (SSSR count). The van der Waals surface area contributed by atoms with Gasteiger partial charge in [0.15, 0.2) is 0 Å². The maximum absolute atomic E-state index is 13.3. The van der Waals surface area contributed by atoms with Gasteiger partial charge in [-0.2, -0.15) is 23.4 Å². The number of aromatic nitrogens is 4. The third-order valence-corrected chi connectivity index (χ3v) is 10.7. The molecule has 404 valence electrons. The monoisotopic (exact) mass is 1060 g/mol. The van der Waals surface area contributed by atoms with E-state index in [4.69, 9.17) is 24.7 Å². The Bertz CT molecular complexity index is 2820. The van der Waals surface area contributed by atoms with Gasteiger partial charge in [0.1, 0.15) is 22.9 Å². The summed E-state index contributed by atoms with van der Waals surface area (Å²) >= 11 is 0. The van der Waals surface area contributed by atoms with Gasteiger partial charge in [0, 0.05) is 80.6 Å². The van der Waals surface area contributed by atoms with Crippen molar-refractivity contribution in [1.29, 1.82) is 0 Å². The van der Waals surface area contributed by atoms with Gasteiger partial charge in [-0.15, -0.1) is 5.10 Å². The molecule has 3 unspecified atom stereocenters. The number of azo groups is 1. The number of benzene rings is 4. The molecular formula is C52H60F3N11O10. The van der Waals surface area contributed by atoms with Crippen LogP contribution in [0.1, 0.15) is 55.7 Å². The number of nitrogens with one attached hydrogen (secondary N) is 4. The number of halogens is 3. The van der Waals surface area contributed by atoms with Gasteiger partial charge in [-0.25, -0.2) is 4.98 Å². The predicted octanol–water partition coefficient (Wildman–Crippen LogP) is 5.11. The van der Waals surface area contributed by atoms with E-state index in [1.807, 2.05) is 6.07 Å². The van der Waals surface area contributed by atoms with Crippen molar-refractivity contribution >= 4 is 29.1 Å². The number of pyridine rings is 1. The molecular weight excluding hydrogens is 996 g/mol. The topological polar surface area (TPSA) is 291 Å². The summed E-state index contributed by atoms with van der Waals surface area (Å²) in [7, 11) is 0. The second-order valence-electron chi connectivity index (χ2n) is 17.1. The number of nitrogens with zero attached hydrogens (tertiary/aromatic N) is 6. The molecule has 4 aromatic carbocycles. The Morgan fingerprint density at radius 2 is 1.33 bits per heavy atom. The Hall–Kier alpha value is -7.71. The van der Waals surface area contributed by atoms with Gasteiger partial charge in [0.2, 0.25) is 5.88 Å². The zero-order valence-electron chi connectivity index (χ0n) is 41.5. The van der Waals surface area contributed by atoms with E-state index < -0.39 is 36.1 Å². The first-order valence-electron chi connectivity index (χ1n) is 24.2. The van der Waals surface area contributed by atoms with Gasteiger partial charge in [-0.3, -0.25) is 19.1 Å². The second-order valence-corrected chi connectivity index (χ2v) is 17.1. The molecule has 21 nitrogen and oxygen atoms in total. The lowest BCUT2D eigenvalue weighted by molar-refractivity contribution is -0.141. The summed E-state index contributed by atoms with van der Waals surface area (Å²) in [5.74, 6) is -0.838. The minimum Gasteiger partial charge on any atom is -0.494 e. The normalized spacial score (nSPS) is 12.7. The Balaban J connectivity index is 0.838. The van der Waals surface area contributed by atoms with E-state index in [2.05, 4.69) is 46.8 Å². The molecule has 3 amide bonds. The van der Waals surface area contributed by atoms with Crippen LogP contribution < -0.4 is 36.5 Å². The Kier molecular flexibility index (Phi) is 22.3. The average molecular weight is 1060 g/mol. The number of rotatable bonds is 30. The fourth-order valence-electron chi connectivity index (χ4n) is 6.88. The smallest absolute Gasteiger partial charge is 0.433 e. The van der Waals surface area contributed by atoms with Gasteiger partial charge < -0.3 is 61.3 Å². The molecule has 0 radical (unpaired) electrons. The summed E-state index contributed by atoms with van der Waals surface area (Å²) in [6, 6.07) is 28.4. The van der Waals surface area contributed by atoms with Crippen LogP contribution in [0.4, 0.5) is 24.5 Å². The maximum Gasteiger partial charge on any atom is 0.433 e. The van der Waals surface area contributed by atoms with E-state index in [1.54, 1.807) is 84.5 Å². The number of hydrogen-bond acceptors (Lipinski definition) is 17. The molecule has 0 saturated heterocycles. The molecule has 76 heavy (non-hydrogen) atoms. The predicted molar refractivity (Wildman–Crippen MR) is 271 cm³/mol. The van der Waals surface area contributed by atoms with Crippen molar-refractivity contribution in [2.75, 3.05) is 65.8 Å². The molecule has 6 aromatic rings. The van der Waals surface area contributed by atoms with Crippen molar-refractivity contribution in [3.05, 3.63) is 143 Å². The van der Waals surface area contributed by atoms with Crippen LogP contribution in [0.15, 0.2) is 126 Å². The summed E-state index contributed by atoms with van der Waals surface area (Å²) in [5.41, 5.74) is 7.86. The van der Waals surface area contributed by atoms with Crippen molar-refractivity contribution in [2.24, 2.45) is 16.0 Å². The Morgan fingerprint density at radius 1 is 0.711 bits per heavy atom. The number of amides is 3. The number of carbonyl (C=O) groups is 3. The van der Waals surface area contributed by atoms with E-state index in [0.717, 1.165) is 6.07 Å². The standard InChI is InChI=1S/C52H60F3N11O10/c1-34(67)28-57-29-42(68)32-73-21-22-74-33-43(69)30-60-51(72)38-6-2-5-37(25-38)46-31-66(65-64-46)19-4-20-75-44-15-13-41(14-16-44)63-62-40-11-9-36(10-12-40)49(70)58-17-18-59-50(71)39-7-3-8-45(26-39)76-48-24-35(27-56)23-47(61-48)52(53,54)55/h2-3,5-16,23-26,31,34,42-43,57,67-69H,4,17-22,27-30,32-33,56H2,1H3,(H,58,70)(H,59,71)(H,60,72)/b63-62+. The molecule has 0 fully saturated rings. The van der Waals surface area contributed by atoms with Crippen molar-refractivity contribution in [2.45, 2.75) is 50.9 Å². The summed E-state index contributed by atoms with van der Waals surface area (Å²) in [6.45, 7) is 3.74. The quantitative estimate of drug-likeness (QED) is 0.0215. The Morgan fingerprint density at radius 3 is 1.99 bits per heavy atom. The molecule has 0 spiro atoms. The van der Waals surface area contributed by atoms with Crippen LogP contribution in [0.25, 0.3) is 11.3 Å². The number of carbonyl (C=O) groups excluding carboxylic acids is 3. The number of hydrogen-bond donors (Lipinski definition) is 8. The number of aliphatic hydroxyl groups excluding tert-OH is 3. The highest BCUT2D eigenvalue weighted by Gasteiger charge is 2.33. The molecule has 9 N–H and O–H groups in total. The molecule has 0 aliphatic heterocycles. The SMILES string of the molecule is CC(O)CNCC(O)COCCOCC(O)CNC(=O)c1cccc(-c2cn(CCCOc3ccc(/N=N/c4ccc(C(=O)NCCNC(=O)c5cccc(Oc6cc(CN)cc(C(F)(F)F)n6)c5)cc4)cc3)nn2)c1. The zero-order chi connectivity index (χ0) is 54.3. The average Bonchev–Trinajstić information content (AvgIpc) is 3.90. The van der Waals surface area contributed by atoms with Crippen LogP contribution in [0.2, 0.25) is 0 Å². The van der Waals surface area contributed by atoms with Gasteiger partial charge in [0.25, 0.3) is 17.7 Å². The lowest BCUT2D eigenvalue weighted by Crippen LogP contribution is -2.35. The highest BCUT2D eigenvalue weighted by atomic mass is 19.4. The van der Waals surface area contributed by atoms with Crippen LogP contribution in [0, 0.1) is 0 Å². The van der Waals surface area contributed by atoms with Crippen molar-refractivity contribution in [3.8, 4) is 28.6 Å². The number of alkyl halides is 3. The first-order valence-corrected chi connectivity index (χ1v) is 24.2. The summed E-state index contributed by atoms with van der Waals surface area (Å²) in [4.78, 5) is 41.9. The number of aliphatic hydroxyl groups is 3. The number of nitrogens with two attached hydrogens (primary N) is 1. The molecule has 0 aliphatic rings.